The van der Waals surface area contributed by atoms with E-state index in [1.807, 2.05) is 0 Å². The number of benzene rings is 1. The predicted octanol–water partition coefficient (Wildman–Crippen LogP) is 2.96. The lowest BCUT2D eigenvalue weighted by atomic mass is 10.1. The molecule has 0 heterocycles. The lowest BCUT2D eigenvalue weighted by molar-refractivity contribution is 0.0891. The van der Waals surface area contributed by atoms with Gasteiger partial charge in [-0.25, -0.2) is 4.39 Å². The summed E-state index contributed by atoms with van der Waals surface area (Å²) in [5, 5.41) is 2.69. The van der Waals surface area contributed by atoms with E-state index < -0.39 is 11.7 Å². The van der Waals surface area contributed by atoms with Crippen LogP contribution in [0.3, 0.4) is 0 Å². The Hall–Kier alpha value is -0.650. The van der Waals surface area contributed by atoms with Gasteiger partial charge in [-0.2, -0.15) is 0 Å². The van der Waals surface area contributed by atoms with Crippen LogP contribution < -0.4 is 5.32 Å². The summed E-state index contributed by atoms with van der Waals surface area (Å²) in [4.78, 5) is 11.9. The average Bonchev–Trinajstić information content (AvgIpc) is 2.33. The first kappa shape index (κ1) is 15.4. The number of alkyl halides is 1. The molecule has 1 aromatic rings. The van der Waals surface area contributed by atoms with E-state index in [9.17, 15) is 9.18 Å². The van der Waals surface area contributed by atoms with Gasteiger partial charge in [0.15, 0.2) is 0 Å². The fraction of sp³-hybridized carbons (Fsp3) is 0.417. The van der Waals surface area contributed by atoms with Crippen LogP contribution in [-0.2, 0) is 4.74 Å². The molecule has 100 valence electrons. The molecule has 0 aromatic heterocycles. The molecule has 1 rings (SSSR count). The van der Waals surface area contributed by atoms with E-state index in [0.717, 1.165) is 0 Å². The molecule has 1 N–H and O–H groups in total. The molecule has 0 radical (unpaired) electrons. The lowest BCUT2D eigenvalue weighted by Crippen LogP contribution is -2.38. The number of hydrogen-bond acceptors (Lipinski definition) is 2. The molecule has 0 aliphatic heterocycles. The van der Waals surface area contributed by atoms with Crippen molar-refractivity contribution in [1.82, 2.24) is 5.32 Å². The zero-order chi connectivity index (χ0) is 13.5. The van der Waals surface area contributed by atoms with E-state index in [2.05, 4.69) is 21.2 Å². The monoisotopic (exact) mass is 337 g/mol. The van der Waals surface area contributed by atoms with E-state index in [-0.39, 0.29) is 11.6 Å². The van der Waals surface area contributed by atoms with E-state index in [1.54, 1.807) is 0 Å². The highest BCUT2D eigenvalue weighted by Gasteiger charge is 2.16. The average molecular weight is 339 g/mol. The molecule has 1 unspecified atom stereocenters. The van der Waals surface area contributed by atoms with E-state index in [4.69, 9.17) is 16.3 Å². The number of amides is 1. The fourth-order valence-corrected chi connectivity index (χ4v) is 2.09. The summed E-state index contributed by atoms with van der Waals surface area (Å²) < 4.78 is 19.1. The molecule has 1 amide bonds. The second-order valence-electron chi connectivity index (χ2n) is 3.73. The van der Waals surface area contributed by atoms with Crippen LogP contribution in [0, 0.1) is 5.82 Å². The van der Waals surface area contributed by atoms with Gasteiger partial charge in [-0.3, -0.25) is 4.79 Å². The lowest BCUT2D eigenvalue weighted by Gasteiger charge is -2.17. The summed E-state index contributed by atoms with van der Waals surface area (Å²) in [6.07, 6.45) is 0.566. The van der Waals surface area contributed by atoms with Crippen molar-refractivity contribution in [3.05, 3.63) is 34.1 Å². The number of methoxy groups -OCH3 is 1. The fourth-order valence-electron chi connectivity index (χ4n) is 1.46. The maximum atomic E-state index is 13.5. The highest BCUT2D eigenvalue weighted by molar-refractivity contribution is 9.10. The van der Waals surface area contributed by atoms with Crippen LogP contribution in [0.25, 0.3) is 0 Å². The van der Waals surface area contributed by atoms with Crippen molar-refractivity contribution >= 4 is 33.4 Å². The Morgan fingerprint density at radius 1 is 1.61 bits per heavy atom. The van der Waals surface area contributed by atoms with Gasteiger partial charge in [-0.05, 0) is 24.6 Å². The maximum Gasteiger partial charge on any atom is 0.254 e. The topological polar surface area (TPSA) is 38.3 Å². The number of carbonyl (C=O) groups excluding carboxylic acids is 1. The molecule has 1 aromatic carbocycles. The van der Waals surface area contributed by atoms with E-state index >= 15 is 0 Å². The molecular weight excluding hydrogens is 324 g/mol. The van der Waals surface area contributed by atoms with Gasteiger partial charge in [0, 0.05) is 17.5 Å². The summed E-state index contributed by atoms with van der Waals surface area (Å²) in [6, 6.07) is 4.00. The Bertz CT molecular complexity index is 411. The Morgan fingerprint density at radius 3 is 2.94 bits per heavy atom. The Balaban J connectivity index is 2.76. The Kier molecular flexibility index (Phi) is 6.60. The van der Waals surface area contributed by atoms with Crippen LogP contribution in [0.15, 0.2) is 22.7 Å². The van der Waals surface area contributed by atoms with Gasteiger partial charge >= 0.3 is 0 Å². The van der Waals surface area contributed by atoms with Crippen molar-refractivity contribution < 1.29 is 13.9 Å². The van der Waals surface area contributed by atoms with Gasteiger partial charge in [-0.1, -0.05) is 15.9 Å². The normalized spacial score (nSPS) is 12.2. The van der Waals surface area contributed by atoms with Crippen molar-refractivity contribution in [1.29, 1.82) is 0 Å². The van der Waals surface area contributed by atoms with Gasteiger partial charge in [0.05, 0.1) is 18.2 Å². The standard InChI is InChI=1S/C12H14BrClFNO2/c1-18-7-9(4-5-14)16-12(17)10-6-8(13)2-3-11(10)15/h2-3,6,9H,4-5,7H2,1H3,(H,16,17). The third kappa shape index (κ3) is 4.55. The van der Waals surface area contributed by atoms with E-state index in [1.165, 1.54) is 25.3 Å². The maximum absolute atomic E-state index is 13.5. The number of nitrogens with one attached hydrogen (secondary N) is 1. The highest BCUT2D eigenvalue weighted by Crippen LogP contribution is 2.15. The Morgan fingerprint density at radius 2 is 2.33 bits per heavy atom. The van der Waals surface area contributed by atoms with Crippen LogP contribution in [0.4, 0.5) is 4.39 Å². The number of rotatable bonds is 6. The highest BCUT2D eigenvalue weighted by atomic mass is 79.9. The van der Waals surface area contributed by atoms with Gasteiger partial charge in [0.25, 0.3) is 5.91 Å². The summed E-state index contributed by atoms with van der Waals surface area (Å²) in [5.74, 6) is -0.631. The molecule has 1 atom stereocenters. The molecule has 0 aliphatic carbocycles. The number of carbonyl (C=O) groups is 1. The summed E-state index contributed by atoms with van der Waals surface area (Å²) >= 11 is 8.83. The molecule has 0 saturated heterocycles. The van der Waals surface area contributed by atoms with Crippen molar-refractivity contribution in [2.45, 2.75) is 12.5 Å². The minimum absolute atomic E-state index is 0.0000468. The molecule has 3 nitrogen and oxygen atoms in total. The van der Waals surface area contributed by atoms with Gasteiger partial charge in [0.2, 0.25) is 0 Å². The van der Waals surface area contributed by atoms with Gasteiger partial charge in [-0.15, -0.1) is 11.6 Å². The minimum Gasteiger partial charge on any atom is -0.383 e. The molecule has 0 saturated carbocycles. The van der Waals surface area contributed by atoms with Crippen molar-refractivity contribution in [3.8, 4) is 0 Å². The van der Waals surface area contributed by atoms with Crippen LogP contribution in [-0.4, -0.2) is 31.5 Å². The van der Waals surface area contributed by atoms with Crippen LogP contribution in [0.5, 0.6) is 0 Å². The second-order valence-corrected chi connectivity index (χ2v) is 5.02. The van der Waals surface area contributed by atoms with Crippen LogP contribution in [0.1, 0.15) is 16.8 Å². The van der Waals surface area contributed by atoms with Crippen molar-refractivity contribution in [2.24, 2.45) is 0 Å². The quantitative estimate of drug-likeness (QED) is 0.810. The molecule has 0 spiro atoms. The first-order chi connectivity index (χ1) is 8.58. The smallest absolute Gasteiger partial charge is 0.254 e. The van der Waals surface area contributed by atoms with Crippen molar-refractivity contribution in [2.75, 3.05) is 19.6 Å². The summed E-state index contributed by atoms with van der Waals surface area (Å²) in [5.41, 5.74) is 0.0000468. The molecule has 0 fully saturated rings. The SMILES string of the molecule is COCC(CCCl)NC(=O)c1cc(Br)ccc1F. The van der Waals surface area contributed by atoms with Crippen LogP contribution >= 0.6 is 27.5 Å². The summed E-state index contributed by atoms with van der Waals surface area (Å²) in [6.45, 7) is 0.341. The Labute approximate surface area is 119 Å². The molecule has 18 heavy (non-hydrogen) atoms. The summed E-state index contributed by atoms with van der Waals surface area (Å²) in [7, 11) is 1.53. The predicted molar refractivity (Wildman–Crippen MR) is 72.6 cm³/mol. The molecule has 0 aliphatic rings. The molecular formula is C12H14BrClFNO2. The van der Waals surface area contributed by atoms with Crippen molar-refractivity contribution in [3.63, 3.8) is 0 Å². The van der Waals surface area contributed by atoms with E-state index in [0.29, 0.717) is 23.4 Å². The number of halogens is 3. The van der Waals surface area contributed by atoms with Gasteiger partial charge < -0.3 is 10.1 Å². The molecule has 6 heteroatoms. The number of ether oxygens (including phenoxy) is 1. The third-order valence-corrected chi connectivity index (χ3v) is 3.05. The second kappa shape index (κ2) is 7.71. The molecule has 0 bridgehead atoms. The zero-order valence-electron chi connectivity index (χ0n) is 9.88. The first-order valence-corrected chi connectivity index (χ1v) is 6.72. The van der Waals surface area contributed by atoms with Crippen LogP contribution in [0.2, 0.25) is 0 Å². The minimum atomic E-state index is -0.558. The van der Waals surface area contributed by atoms with Gasteiger partial charge in [0.1, 0.15) is 5.82 Å². The largest absolute Gasteiger partial charge is 0.383 e. The number of hydrogen-bond donors (Lipinski definition) is 1. The zero-order valence-corrected chi connectivity index (χ0v) is 12.2. The third-order valence-electron chi connectivity index (χ3n) is 2.33. The first-order valence-electron chi connectivity index (χ1n) is 5.39.